The Morgan fingerprint density at radius 1 is 1.50 bits per heavy atom. The lowest BCUT2D eigenvalue weighted by atomic mass is 10.3. The minimum atomic E-state index is -0.385. The molecule has 0 heterocycles. The van der Waals surface area contributed by atoms with Crippen molar-refractivity contribution in [3.05, 3.63) is 0 Å². The van der Waals surface area contributed by atoms with Gasteiger partial charge < -0.3 is 4.74 Å². The first-order valence-electron chi connectivity index (χ1n) is 2.92. The lowest BCUT2D eigenvalue weighted by Gasteiger charge is -1.98. The molecule has 0 N–H and O–H groups in total. The van der Waals surface area contributed by atoms with Crippen molar-refractivity contribution in [3.8, 4) is 0 Å². The van der Waals surface area contributed by atoms with E-state index in [1.165, 1.54) is 6.92 Å². The SMILES string of the molecule is CC(=O)CCOC(=O)CS. The Labute approximate surface area is 65.2 Å². The van der Waals surface area contributed by atoms with Gasteiger partial charge in [-0.3, -0.25) is 9.59 Å². The summed E-state index contributed by atoms with van der Waals surface area (Å²) < 4.78 is 4.57. The van der Waals surface area contributed by atoms with Crippen molar-refractivity contribution in [2.45, 2.75) is 13.3 Å². The van der Waals surface area contributed by atoms with Gasteiger partial charge in [0.15, 0.2) is 0 Å². The molecule has 0 amide bonds. The zero-order valence-electron chi connectivity index (χ0n) is 5.79. The van der Waals surface area contributed by atoms with E-state index >= 15 is 0 Å². The fourth-order valence-corrected chi connectivity index (χ4v) is 0.446. The van der Waals surface area contributed by atoms with E-state index in [1.807, 2.05) is 0 Å². The largest absolute Gasteiger partial charge is 0.465 e. The predicted molar refractivity (Wildman–Crippen MR) is 40.1 cm³/mol. The Bertz CT molecular complexity index is 133. The van der Waals surface area contributed by atoms with Crippen LogP contribution in [0.25, 0.3) is 0 Å². The molecule has 58 valence electrons. The highest BCUT2D eigenvalue weighted by atomic mass is 32.1. The number of ketones is 1. The van der Waals surface area contributed by atoms with Gasteiger partial charge in [-0.05, 0) is 6.92 Å². The molecule has 4 heteroatoms. The fraction of sp³-hybridized carbons (Fsp3) is 0.667. The Kier molecular flexibility index (Phi) is 5.02. The molecule has 0 aliphatic rings. The van der Waals surface area contributed by atoms with Gasteiger partial charge in [0.2, 0.25) is 0 Å². The summed E-state index contributed by atoms with van der Waals surface area (Å²) in [5.74, 6) is -0.297. The van der Waals surface area contributed by atoms with Gasteiger partial charge >= 0.3 is 5.97 Å². The fourth-order valence-electron chi connectivity index (χ4n) is 0.354. The minimum Gasteiger partial charge on any atom is -0.465 e. The van der Waals surface area contributed by atoms with Crippen molar-refractivity contribution >= 4 is 24.4 Å². The van der Waals surface area contributed by atoms with Crippen LogP contribution in [0.2, 0.25) is 0 Å². The van der Waals surface area contributed by atoms with Gasteiger partial charge in [-0.25, -0.2) is 0 Å². The Morgan fingerprint density at radius 3 is 2.50 bits per heavy atom. The second kappa shape index (κ2) is 5.29. The highest BCUT2D eigenvalue weighted by Crippen LogP contribution is 1.86. The smallest absolute Gasteiger partial charge is 0.315 e. The highest BCUT2D eigenvalue weighted by Gasteiger charge is 1.98. The number of rotatable bonds is 4. The van der Waals surface area contributed by atoms with Crippen LogP contribution in [0.3, 0.4) is 0 Å². The van der Waals surface area contributed by atoms with Crippen LogP contribution in [0.1, 0.15) is 13.3 Å². The maximum absolute atomic E-state index is 10.4. The van der Waals surface area contributed by atoms with E-state index in [-0.39, 0.29) is 24.1 Å². The average Bonchev–Trinajstić information content (AvgIpc) is 1.87. The zero-order valence-corrected chi connectivity index (χ0v) is 6.69. The molecule has 0 bridgehead atoms. The van der Waals surface area contributed by atoms with Gasteiger partial charge in [-0.2, -0.15) is 12.6 Å². The van der Waals surface area contributed by atoms with Gasteiger partial charge in [0, 0.05) is 6.42 Å². The summed E-state index contributed by atoms with van der Waals surface area (Å²) in [7, 11) is 0. The highest BCUT2D eigenvalue weighted by molar-refractivity contribution is 7.81. The molecule has 0 atom stereocenters. The van der Waals surface area contributed by atoms with Crippen LogP contribution >= 0.6 is 12.6 Å². The van der Waals surface area contributed by atoms with E-state index in [0.29, 0.717) is 6.42 Å². The standard InChI is InChI=1S/C6H10O3S/c1-5(7)2-3-9-6(8)4-10/h10H,2-4H2,1H3. The molecule has 0 unspecified atom stereocenters. The third-order valence-corrected chi connectivity index (χ3v) is 1.10. The third kappa shape index (κ3) is 5.62. The van der Waals surface area contributed by atoms with E-state index < -0.39 is 0 Å². The number of carbonyl (C=O) groups is 2. The molecular formula is C6H10O3S. The molecule has 0 aliphatic heterocycles. The Balaban J connectivity index is 3.20. The van der Waals surface area contributed by atoms with Gasteiger partial charge in [0.25, 0.3) is 0 Å². The van der Waals surface area contributed by atoms with Gasteiger partial charge in [0.05, 0.1) is 12.4 Å². The lowest BCUT2D eigenvalue weighted by Crippen LogP contribution is -2.08. The quantitative estimate of drug-likeness (QED) is 0.482. The van der Waals surface area contributed by atoms with Crippen LogP contribution in [0.4, 0.5) is 0 Å². The first kappa shape index (κ1) is 9.49. The molecule has 0 rings (SSSR count). The Morgan fingerprint density at radius 2 is 2.10 bits per heavy atom. The predicted octanol–water partition coefficient (Wildman–Crippen LogP) is 0.439. The number of Topliss-reactive ketones (excluding diaryl/α,β-unsaturated/α-hetero) is 1. The van der Waals surface area contributed by atoms with Crippen molar-refractivity contribution in [3.63, 3.8) is 0 Å². The van der Waals surface area contributed by atoms with E-state index in [0.717, 1.165) is 0 Å². The van der Waals surface area contributed by atoms with Crippen LogP contribution < -0.4 is 0 Å². The van der Waals surface area contributed by atoms with Crippen LogP contribution in [-0.2, 0) is 14.3 Å². The molecular weight excluding hydrogens is 152 g/mol. The molecule has 0 aliphatic carbocycles. The molecule has 0 saturated heterocycles. The third-order valence-electron chi connectivity index (χ3n) is 0.846. The lowest BCUT2D eigenvalue weighted by molar-refractivity contribution is -0.140. The molecule has 0 spiro atoms. The van der Waals surface area contributed by atoms with Crippen LogP contribution in [-0.4, -0.2) is 24.1 Å². The molecule has 0 saturated carbocycles. The number of ether oxygens (including phenoxy) is 1. The molecule has 0 aromatic rings. The normalized spacial score (nSPS) is 9.00. The molecule has 0 aromatic heterocycles. The number of hydrogen-bond donors (Lipinski definition) is 1. The number of hydrogen-bond acceptors (Lipinski definition) is 4. The van der Waals surface area contributed by atoms with Crippen LogP contribution in [0.15, 0.2) is 0 Å². The summed E-state index contributed by atoms with van der Waals surface area (Å²) in [4.78, 5) is 20.7. The molecule has 10 heavy (non-hydrogen) atoms. The van der Waals surface area contributed by atoms with E-state index in [9.17, 15) is 9.59 Å². The molecule has 0 aromatic carbocycles. The topological polar surface area (TPSA) is 43.4 Å². The van der Waals surface area contributed by atoms with Crippen molar-refractivity contribution in [1.29, 1.82) is 0 Å². The molecule has 0 fully saturated rings. The van der Waals surface area contributed by atoms with Gasteiger partial charge in [0.1, 0.15) is 5.78 Å². The monoisotopic (exact) mass is 162 g/mol. The van der Waals surface area contributed by atoms with Gasteiger partial charge in [-0.1, -0.05) is 0 Å². The summed E-state index contributed by atoms with van der Waals surface area (Å²) in [5, 5.41) is 0. The summed E-state index contributed by atoms with van der Waals surface area (Å²) >= 11 is 3.68. The first-order valence-corrected chi connectivity index (χ1v) is 3.56. The Hall–Kier alpha value is -0.510. The van der Waals surface area contributed by atoms with E-state index in [2.05, 4.69) is 17.4 Å². The number of esters is 1. The molecule has 0 radical (unpaired) electrons. The van der Waals surface area contributed by atoms with Gasteiger partial charge in [-0.15, -0.1) is 0 Å². The summed E-state index contributed by atoms with van der Waals surface area (Å²) in [6.45, 7) is 1.63. The van der Waals surface area contributed by atoms with Crippen molar-refractivity contribution in [1.82, 2.24) is 0 Å². The molecule has 3 nitrogen and oxygen atoms in total. The average molecular weight is 162 g/mol. The van der Waals surface area contributed by atoms with E-state index in [1.54, 1.807) is 0 Å². The maximum Gasteiger partial charge on any atom is 0.315 e. The van der Waals surface area contributed by atoms with Crippen molar-refractivity contribution in [2.24, 2.45) is 0 Å². The summed E-state index contributed by atoms with van der Waals surface area (Å²) in [6.07, 6.45) is 0.291. The number of thiol groups is 1. The maximum atomic E-state index is 10.4. The minimum absolute atomic E-state index is 0.0203. The second-order valence-corrected chi connectivity index (χ2v) is 2.15. The van der Waals surface area contributed by atoms with Crippen molar-refractivity contribution in [2.75, 3.05) is 12.4 Å². The van der Waals surface area contributed by atoms with E-state index in [4.69, 9.17) is 0 Å². The van der Waals surface area contributed by atoms with Crippen LogP contribution in [0.5, 0.6) is 0 Å². The van der Waals surface area contributed by atoms with Crippen LogP contribution in [0, 0.1) is 0 Å². The van der Waals surface area contributed by atoms with Crippen molar-refractivity contribution < 1.29 is 14.3 Å². The second-order valence-electron chi connectivity index (χ2n) is 1.83. The first-order chi connectivity index (χ1) is 4.66. The summed E-state index contributed by atoms with van der Waals surface area (Å²) in [6, 6.07) is 0. The zero-order chi connectivity index (χ0) is 7.98. The summed E-state index contributed by atoms with van der Waals surface area (Å²) in [5.41, 5.74) is 0. The number of carbonyl (C=O) groups excluding carboxylic acids is 2.